The maximum absolute atomic E-state index is 10.8. The number of hydrogen-bond acceptors (Lipinski definition) is 3. The highest BCUT2D eigenvalue weighted by molar-refractivity contribution is 7.17. The van der Waals surface area contributed by atoms with E-state index in [9.17, 15) is 4.79 Å². The van der Waals surface area contributed by atoms with Crippen LogP contribution in [0.3, 0.4) is 0 Å². The Morgan fingerprint density at radius 2 is 2.38 bits per heavy atom. The van der Waals surface area contributed by atoms with Gasteiger partial charge in [0.15, 0.2) is 0 Å². The van der Waals surface area contributed by atoms with Crippen molar-refractivity contribution in [3.8, 4) is 10.4 Å². The molecule has 0 aliphatic heterocycles. The van der Waals surface area contributed by atoms with Crippen LogP contribution in [0.15, 0.2) is 24.5 Å². The number of thiophene rings is 1. The van der Waals surface area contributed by atoms with Crippen molar-refractivity contribution >= 4 is 17.2 Å². The first-order chi connectivity index (χ1) is 6.27. The van der Waals surface area contributed by atoms with Gasteiger partial charge in [-0.15, -0.1) is 11.3 Å². The van der Waals surface area contributed by atoms with E-state index in [0.717, 1.165) is 10.4 Å². The third-order valence-corrected chi connectivity index (χ3v) is 2.78. The number of amides is 1. The lowest BCUT2D eigenvalue weighted by atomic mass is 10.3. The van der Waals surface area contributed by atoms with E-state index in [1.54, 1.807) is 18.5 Å². The second kappa shape index (κ2) is 3.02. The van der Waals surface area contributed by atoms with Gasteiger partial charge in [0.1, 0.15) is 0 Å². The number of nitrogens with one attached hydrogen (secondary N) is 1. The van der Waals surface area contributed by atoms with Gasteiger partial charge >= 0.3 is 0 Å². The minimum absolute atomic E-state index is 0.389. The average Bonchev–Trinajstić information content (AvgIpc) is 2.75. The average molecular weight is 193 g/mol. The molecule has 0 aliphatic rings. The fourth-order valence-corrected chi connectivity index (χ4v) is 1.85. The molecule has 0 fully saturated rings. The van der Waals surface area contributed by atoms with Crippen LogP contribution in [0.4, 0.5) is 0 Å². The molecule has 0 aliphatic carbocycles. The topological polar surface area (TPSA) is 71.8 Å². The highest BCUT2D eigenvalue weighted by Crippen LogP contribution is 2.26. The lowest BCUT2D eigenvalue weighted by Crippen LogP contribution is -2.07. The predicted molar refractivity (Wildman–Crippen MR) is 50.4 cm³/mol. The summed E-state index contributed by atoms with van der Waals surface area (Å²) in [6, 6.07) is 3.57. The van der Waals surface area contributed by atoms with E-state index >= 15 is 0 Å². The van der Waals surface area contributed by atoms with Gasteiger partial charge < -0.3 is 5.73 Å². The van der Waals surface area contributed by atoms with Gasteiger partial charge in [0, 0.05) is 16.6 Å². The van der Waals surface area contributed by atoms with Crippen molar-refractivity contribution in [1.82, 2.24) is 10.2 Å². The zero-order valence-corrected chi connectivity index (χ0v) is 7.47. The lowest BCUT2D eigenvalue weighted by molar-refractivity contribution is 0.100. The van der Waals surface area contributed by atoms with Gasteiger partial charge in [-0.25, -0.2) is 0 Å². The molecular formula is C8H7N3OS. The number of carbonyl (C=O) groups is 1. The molecule has 4 nitrogen and oxygen atoms in total. The van der Waals surface area contributed by atoms with Crippen molar-refractivity contribution in [3.63, 3.8) is 0 Å². The van der Waals surface area contributed by atoms with E-state index in [-0.39, 0.29) is 5.91 Å². The standard InChI is InChI=1S/C8H7N3OS/c9-8(12)7-2-1-6(13-7)5-3-10-11-4-5/h1-4H,(H2,9,12)(H,10,11). The van der Waals surface area contributed by atoms with Crippen LogP contribution in [0, 0.1) is 0 Å². The zero-order valence-electron chi connectivity index (χ0n) is 6.65. The first kappa shape index (κ1) is 8.00. The van der Waals surface area contributed by atoms with E-state index in [1.165, 1.54) is 11.3 Å². The molecule has 3 N–H and O–H groups in total. The van der Waals surface area contributed by atoms with Gasteiger partial charge in [0.2, 0.25) is 0 Å². The number of H-pyrrole nitrogens is 1. The van der Waals surface area contributed by atoms with Crippen molar-refractivity contribution < 1.29 is 4.79 Å². The minimum Gasteiger partial charge on any atom is -0.365 e. The number of rotatable bonds is 2. The Hall–Kier alpha value is -1.62. The Morgan fingerprint density at radius 1 is 1.54 bits per heavy atom. The van der Waals surface area contributed by atoms with E-state index in [0.29, 0.717) is 4.88 Å². The minimum atomic E-state index is -0.389. The highest BCUT2D eigenvalue weighted by atomic mass is 32.1. The smallest absolute Gasteiger partial charge is 0.258 e. The van der Waals surface area contributed by atoms with E-state index in [1.807, 2.05) is 6.07 Å². The summed E-state index contributed by atoms with van der Waals surface area (Å²) in [5, 5.41) is 6.53. The van der Waals surface area contributed by atoms with Gasteiger partial charge in [0.25, 0.3) is 5.91 Å². The molecule has 0 unspecified atom stereocenters. The van der Waals surface area contributed by atoms with Crippen molar-refractivity contribution in [3.05, 3.63) is 29.4 Å². The van der Waals surface area contributed by atoms with Crippen molar-refractivity contribution in [2.24, 2.45) is 5.73 Å². The molecule has 0 saturated heterocycles. The number of aromatic nitrogens is 2. The van der Waals surface area contributed by atoms with Gasteiger partial charge in [-0.3, -0.25) is 9.89 Å². The summed E-state index contributed by atoms with van der Waals surface area (Å²) in [6.45, 7) is 0. The summed E-state index contributed by atoms with van der Waals surface area (Å²) in [4.78, 5) is 12.3. The van der Waals surface area contributed by atoms with E-state index in [4.69, 9.17) is 5.73 Å². The van der Waals surface area contributed by atoms with Crippen LogP contribution in [0.2, 0.25) is 0 Å². The zero-order chi connectivity index (χ0) is 9.26. The number of nitrogens with zero attached hydrogens (tertiary/aromatic N) is 1. The van der Waals surface area contributed by atoms with Crippen molar-refractivity contribution in [2.75, 3.05) is 0 Å². The molecule has 0 atom stereocenters. The number of aromatic amines is 1. The number of nitrogens with two attached hydrogens (primary N) is 1. The second-order valence-electron chi connectivity index (χ2n) is 2.52. The molecule has 2 aromatic heterocycles. The monoisotopic (exact) mass is 193 g/mol. The first-order valence-electron chi connectivity index (χ1n) is 3.66. The quantitative estimate of drug-likeness (QED) is 0.753. The molecule has 2 rings (SSSR count). The molecule has 5 heteroatoms. The summed E-state index contributed by atoms with van der Waals surface area (Å²) in [7, 11) is 0. The van der Waals surface area contributed by atoms with Crippen LogP contribution in [0.1, 0.15) is 9.67 Å². The van der Waals surface area contributed by atoms with Crippen LogP contribution in [0.25, 0.3) is 10.4 Å². The first-order valence-corrected chi connectivity index (χ1v) is 4.48. The second-order valence-corrected chi connectivity index (χ2v) is 3.60. The molecule has 0 aromatic carbocycles. The lowest BCUT2D eigenvalue weighted by Gasteiger charge is -1.86. The number of carbonyl (C=O) groups excluding carboxylic acids is 1. The molecule has 0 spiro atoms. The maximum Gasteiger partial charge on any atom is 0.258 e. The fourth-order valence-electron chi connectivity index (χ4n) is 1.01. The third kappa shape index (κ3) is 1.46. The normalized spacial score (nSPS) is 10.2. The summed E-state index contributed by atoms with van der Waals surface area (Å²) < 4.78 is 0. The molecule has 0 radical (unpaired) electrons. The molecule has 2 aromatic rings. The SMILES string of the molecule is NC(=O)c1ccc(-c2cn[nH]c2)s1. The van der Waals surface area contributed by atoms with Gasteiger partial charge in [-0.1, -0.05) is 0 Å². The number of primary amides is 1. The fraction of sp³-hybridized carbons (Fsp3) is 0. The van der Waals surface area contributed by atoms with E-state index in [2.05, 4.69) is 10.2 Å². The summed E-state index contributed by atoms with van der Waals surface area (Å²) in [5.74, 6) is -0.389. The predicted octanol–water partition coefficient (Wildman–Crippen LogP) is 1.24. The Kier molecular flexibility index (Phi) is 1.86. The van der Waals surface area contributed by atoms with Gasteiger partial charge in [-0.2, -0.15) is 5.10 Å². The Morgan fingerprint density at radius 3 is 2.92 bits per heavy atom. The molecule has 2 heterocycles. The van der Waals surface area contributed by atoms with Crippen LogP contribution < -0.4 is 5.73 Å². The van der Waals surface area contributed by atoms with Gasteiger partial charge in [0.05, 0.1) is 11.1 Å². The summed E-state index contributed by atoms with van der Waals surface area (Å²) in [6.07, 6.45) is 3.48. The van der Waals surface area contributed by atoms with Crippen LogP contribution in [-0.4, -0.2) is 16.1 Å². The largest absolute Gasteiger partial charge is 0.365 e. The number of hydrogen-bond donors (Lipinski definition) is 2. The molecule has 66 valence electrons. The summed E-state index contributed by atoms with van der Waals surface area (Å²) in [5.41, 5.74) is 6.10. The maximum atomic E-state index is 10.8. The Bertz CT molecular complexity index is 418. The Labute approximate surface area is 78.4 Å². The molecule has 0 saturated carbocycles. The molecule has 13 heavy (non-hydrogen) atoms. The Balaban J connectivity index is 2.39. The molecule has 0 bridgehead atoms. The molecule has 1 amide bonds. The van der Waals surface area contributed by atoms with Crippen molar-refractivity contribution in [1.29, 1.82) is 0 Å². The van der Waals surface area contributed by atoms with E-state index < -0.39 is 0 Å². The van der Waals surface area contributed by atoms with Crippen molar-refractivity contribution in [2.45, 2.75) is 0 Å². The van der Waals surface area contributed by atoms with Crippen LogP contribution in [-0.2, 0) is 0 Å². The third-order valence-electron chi connectivity index (χ3n) is 1.63. The van der Waals surface area contributed by atoms with Crippen LogP contribution in [0.5, 0.6) is 0 Å². The molecular weight excluding hydrogens is 186 g/mol. The summed E-state index contributed by atoms with van der Waals surface area (Å²) >= 11 is 1.36. The van der Waals surface area contributed by atoms with Gasteiger partial charge in [-0.05, 0) is 12.1 Å². The highest BCUT2D eigenvalue weighted by Gasteiger charge is 2.06. The van der Waals surface area contributed by atoms with Crippen LogP contribution >= 0.6 is 11.3 Å².